The molecule has 1 aromatic carbocycles. The van der Waals surface area contributed by atoms with E-state index in [2.05, 4.69) is 50.8 Å². The first-order valence-electron chi connectivity index (χ1n) is 4.05. The minimum atomic E-state index is 0.301. The van der Waals surface area contributed by atoms with Gasteiger partial charge in [0.25, 0.3) is 0 Å². The van der Waals surface area contributed by atoms with Gasteiger partial charge in [-0.1, -0.05) is 46.3 Å². The van der Waals surface area contributed by atoms with E-state index >= 15 is 0 Å². The summed E-state index contributed by atoms with van der Waals surface area (Å²) in [5, 5.41) is 6.74. The topological polar surface area (TPSA) is 24.1 Å². The highest BCUT2D eigenvalue weighted by molar-refractivity contribution is 9.09. The maximum atomic E-state index is 3.50. The monoisotopic (exact) mass is 226 g/mol. The number of rotatable bonds is 1. The van der Waals surface area contributed by atoms with Gasteiger partial charge in [-0.3, -0.25) is 10.6 Å². The number of halogens is 1. The van der Waals surface area contributed by atoms with Gasteiger partial charge in [0.05, 0.1) is 11.1 Å². The van der Waals surface area contributed by atoms with E-state index in [1.54, 1.807) is 0 Å². The number of alkyl halides is 1. The van der Waals surface area contributed by atoms with Gasteiger partial charge in [0.1, 0.15) is 0 Å². The Morgan fingerprint density at radius 3 is 2.58 bits per heavy atom. The normalized spacial score (nSPS) is 29.1. The summed E-state index contributed by atoms with van der Waals surface area (Å²) in [6.45, 7) is 0.972. The quantitative estimate of drug-likeness (QED) is 0.562. The molecule has 0 aliphatic carbocycles. The molecule has 1 aliphatic rings. The molecule has 2 unspecified atom stereocenters. The smallest absolute Gasteiger partial charge is 0.0845 e. The first-order chi connectivity index (χ1) is 5.86. The summed E-state index contributed by atoms with van der Waals surface area (Å²) in [5.41, 5.74) is 1.29. The minimum absolute atomic E-state index is 0.301. The lowest BCUT2D eigenvalue weighted by molar-refractivity contribution is 0.584. The lowest BCUT2D eigenvalue weighted by Gasteiger charge is -2.10. The Hall–Kier alpha value is -0.380. The molecule has 2 N–H and O–H groups in total. The molecule has 0 bridgehead atoms. The van der Waals surface area contributed by atoms with Gasteiger partial charge in [-0.2, -0.15) is 0 Å². The van der Waals surface area contributed by atoms with Crippen LogP contribution in [0.3, 0.4) is 0 Å². The van der Waals surface area contributed by atoms with E-state index in [4.69, 9.17) is 0 Å². The highest BCUT2D eigenvalue weighted by Gasteiger charge is 2.20. The van der Waals surface area contributed by atoms with Gasteiger partial charge >= 0.3 is 0 Å². The van der Waals surface area contributed by atoms with E-state index in [0.717, 1.165) is 6.54 Å². The Morgan fingerprint density at radius 1 is 1.25 bits per heavy atom. The minimum Gasteiger partial charge on any atom is -0.296 e. The summed E-state index contributed by atoms with van der Waals surface area (Å²) in [6, 6.07) is 10.4. The Kier molecular flexibility index (Phi) is 2.44. The van der Waals surface area contributed by atoms with Gasteiger partial charge in [0.15, 0.2) is 0 Å². The van der Waals surface area contributed by atoms with Crippen LogP contribution in [0.1, 0.15) is 11.7 Å². The van der Waals surface area contributed by atoms with Crippen molar-refractivity contribution >= 4 is 15.9 Å². The number of nitrogens with one attached hydrogen (secondary N) is 2. The maximum Gasteiger partial charge on any atom is 0.0845 e. The van der Waals surface area contributed by atoms with Crippen molar-refractivity contribution in [1.82, 2.24) is 10.6 Å². The molecule has 12 heavy (non-hydrogen) atoms. The zero-order chi connectivity index (χ0) is 8.39. The SMILES string of the molecule is BrC1CNC(c2ccccc2)N1. The average Bonchev–Trinajstić information content (AvgIpc) is 2.54. The molecular formula is C9H11BrN2. The molecule has 1 aromatic rings. The van der Waals surface area contributed by atoms with Crippen molar-refractivity contribution in [1.29, 1.82) is 0 Å². The molecular weight excluding hydrogens is 216 g/mol. The highest BCUT2D eigenvalue weighted by Crippen LogP contribution is 2.16. The van der Waals surface area contributed by atoms with Crippen LogP contribution in [0.5, 0.6) is 0 Å². The van der Waals surface area contributed by atoms with Crippen molar-refractivity contribution in [2.75, 3.05) is 6.54 Å². The molecule has 1 fully saturated rings. The van der Waals surface area contributed by atoms with E-state index < -0.39 is 0 Å². The number of hydrogen-bond donors (Lipinski definition) is 2. The zero-order valence-electron chi connectivity index (χ0n) is 6.63. The van der Waals surface area contributed by atoms with E-state index in [-0.39, 0.29) is 0 Å². The molecule has 1 aliphatic heterocycles. The summed E-state index contributed by atoms with van der Waals surface area (Å²) in [4.78, 5) is 0.391. The van der Waals surface area contributed by atoms with E-state index in [1.165, 1.54) is 5.56 Å². The third-order valence-corrected chi connectivity index (χ3v) is 2.57. The van der Waals surface area contributed by atoms with Crippen molar-refractivity contribution in [2.24, 2.45) is 0 Å². The van der Waals surface area contributed by atoms with Crippen LogP contribution in [0.15, 0.2) is 30.3 Å². The van der Waals surface area contributed by atoms with Crippen molar-refractivity contribution in [3.05, 3.63) is 35.9 Å². The molecule has 2 nitrogen and oxygen atoms in total. The third kappa shape index (κ3) is 1.68. The highest BCUT2D eigenvalue weighted by atomic mass is 79.9. The molecule has 2 atom stereocenters. The Bertz CT molecular complexity index is 250. The van der Waals surface area contributed by atoms with Gasteiger partial charge in [-0.25, -0.2) is 0 Å². The van der Waals surface area contributed by atoms with E-state index in [0.29, 0.717) is 11.1 Å². The van der Waals surface area contributed by atoms with Crippen LogP contribution in [0.25, 0.3) is 0 Å². The Balaban J connectivity index is 2.11. The molecule has 0 aromatic heterocycles. The molecule has 2 rings (SSSR count). The standard InChI is InChI=1S/C9H11BrN2/c10-8-6-11-9(12-8)7-4-2-1-3-5-7/h1-5,8-9,11-12H,6H2. The first kappa shape index (κ1) is 8.23. The van der Waals surface area contributed by atoms with E-state index in [9.17, 15) is 0 Å². The van der Waals surface area contributed by atoms with Crippen LogP contribution in [-0.4, -0.2) is 11.5 Å². The largest absolute Gasteiger partial charge is 0.296 e. The molecule has 1 saturated heterocycles. The first-order valence-corrected chi connectivity index (χ1v) is 4.96. The summed E-state index contributed by atoms with van der Waals surface area (Å²) in [5.74, 6) is 0. The zero-order valence-corrected chi connectivity index (χ0v) is 8.21. The van der Waals surface area contributed by atoms with Gasteiger partial charge in [0.2, 0.25) is 0 Å². The predicted octanol–water partition coefficient (Wildman–Crippen LogP) is 1.60. The third-order valence-electron chi connectivity index (χ3n) is 1.98. The fourth-order valence-electron chi connectivity index (χ4n) is 1.38. The van der Waals surface area contributed by atoms with E-state index in [1.807, 2.05) is 6.07 Å². The van der Waals surface area contributed by atoms with Crippen LogP contribution < -0.4 is 10.6 Å². The number of hydrogen-bond acceptors (Lipinski definition) is 2. The summed E-state index contributed by atoms with van der Waals surface area (Å²) in [6.07, 6.45) is 0.301. The second-order valence-electron chi connectivity index (χ2n) is 2.89. The van der Waals surface area contributed by atoms with Crippen molar-refractivity contribution in [3.8, 4) is 0 Å². The molecule has 0 radical (unpaired) electrons. The van der Waals surface area contributed by atoms with Gasteiger partial charge in [-0.15, -0.1) is 0 Å². The van der Waals surface area contributed by atoms with Gasteiger partial charge in [-0.05, 0) is 5.56 Å². The summed E-state index contributed by atoms with van der Waals surface area (Å²) >= 11 is 3.50. The Labute approximate surface area is 80.5 Å². The fraction of sp³-hybridized carbons (Fsp3) is 0.333. The second kappa shape index (κ2) is 3.56. The van der Waals surface area contributed by atoms with Gasteiger partial charge in [0, 0.05) is 6.54 Å². The lowest BCUT2D eigenvalue weighted by Crippen LogP contribution is -2.22. The molecule has 0 spiro atoms. The van der Waals surface area contributed by atoms with Crippen LogP contribution >= 0.6 is 15.9 Å². The molecule has 3 heteroatoms. The van der Waals surface area contributed by atoms with Crippen LogP contribution in [0, 0.1) is 0 Å². The summed E-state index contributed by atoms with van der Waals surface area (Å²) < 4.78 is 0. The van der Waals surface area contributed by atoms with Crippen LogP contribution in [0.2, 0.25) is 0 Å². The molecule has 64 valence electrons. The second-order valence-corrected chi connectivity index (χ2v) is 3.99. The van der Waals surface area contributed by atoms with Crippen LogP contribution in [0.4, 0.5) is 0 Å². The molecule has 0 saturated carbocycles. The molecule has 0 amide bonds. The Morgan fingerprint density at radius 2 is 2.00 bits per heavy atom. The number of benzene rings is 1. The van der Waals surface area contributed by atoms with Crippen molar-refractivity contribution in [2.45, 2.75) is 11.1 Å². The van der Waals surface area contributed by atoms with Crippen LogP contribution in [-0.2, 0) is 0 Å². The fourth-order valence-corrected chi connectivity index (χ4v) is 1.83. The van der Waals surface area contributed by atoms with Crippen molar-refractivity contribution in [3.63, 3.8) is 0 Å². The average molecular weight is 227 g/mol. The summed E-state index contributed by atoms with van der Waals surface area (Å²) in [7, 11) is 0. The van der Waals surface area contributed by atoms with Crippen molar-refractivity contribution < 1.29 is 0 Å². The molecule has 1 heterocycles. The predicted molar refractivity (Wildman–Crippen MR) is 53.0 cm³/mol. The van der Waals surface area contributed by atoms with Gasteiger partial charge < -0.3 is 0 Å². The lowest BCUT2D eigenvalue weighted by atomic mass is 10.2. The maximum absolute atomic E-state index is 3.50.